The molecule has 2 atom stereocenters. The molecule has 126 valence electrons. The molecule has 3 nitrogen and oxygen atoms in total. The molecule has 0 spiro atoms. The van der Waals surface area contributed by atoms with Gasteiger partial charge in [-0.05, 0) is 39.3 Å². The first-order valence-corrected chi connectivity index (χ1v) is 8.88. The van der Waals surface area contributed by atoms with Gasteiger partial charge in [-0.3, -0.25) is 4.90 Å². The number of unbranched alkanes of at least 4 members (excludes halogenated alkanes) is 2. The van der Waals surface area contributed by atoms with Gasteiger partial charge >= 0.3 is 5.97 Å². The maximum absolute atomic E-state index is 12.1. The summed E-state index contributed by atoms with van der Waals surface area (Å²) in [5.74, 6) is 6.09. The standard InChI is InChI=1S/C20H29NO2/c1-5-7-8-9-12-16(3)17-15-19(22)23-20(17,6-2)18-13-10-11-14-21(18)4/h15,18H,3,5-8,10-11,13-14H2,1-2,4H3. The van der Waals surface area contributed by atoms with Crippen LogP contribution in [0.15, 0.2) is 23.8 Å². The predicted octanol–water partition coefficient (Wildman–Crippen LogP) is 3.85. The Labute approximate surface area is 140 Å². The van der Waals surface area contributed by atoms with Gasteiger partial charge in [-0.2, -0.15) is 0 Å². The number of likely N-dealkylation sites (tertiary alicyclic amines) is 1. The van der Waals surface area contributed by atoms with Crippen LogP contribution in [0.1, 0.15) is 58.8 Å². The van der Waals surface area contributed by atoms with E-state index in [1.807, 2.05) is 0 Å². The summed E-state index contributed by atoms with van der Waals surface area (Å²) >= 11 is 0. The van der Waals surface area contributed by atoms with E-state index in [4.69, 9.17) is 4.74 Å². The molecule has 0 aromatic heterocycles. The van der Waals surface area contributed by atoms with Crippen LogP contribution < -0.4 is 0 Å². The van der Waals surface area contributed by atoms with Crippen LogP contribution in [0.5, 0.6) is 0 Å². The van der Waals surface area contributed by atoms with Gasteiger partial charge in [0, 0.05) is 23.6 Å². The molecule has 1 fully saturated rings. The summed E-state index contributed by atoms with van der Waals surface area (Å²) in [7, 11) is 2.13. The average molecular weight is 315 g/mol. The van der Waals surface area contributed by atoms with Gasteiger partial charge < -0.3 is 4.74 Å². The van der Waals surface area contributed by atoms with Crippen molar-refractivity contribution in [2.45, 2.75) is 70.4 Å². The lowest BCUT2D eigenvalue weighted by molar-refractivity contribution is -0.153. The second kappa shape index (κ2) is 7.84. The molecule has 0 aromatic rings. The molecule has 0 N–H and O–H groups in total. The van der Waals surface area contributed by atoms with Crippen LogP contribution in [0.25, 0.3) is 0 Å². The third kappa shape index (κ3) is 3.70. The first-order chi connectivity index (χ1) is 11.0. The van der Waals surface area contributed by atoms with Crippen LogP contribution in [0.4, 0.5) is 0 Å². The SMILES string of the molecule is C=C(C#CCCCC)C1=CC(=O)OC1(CC)C1CCCCN1C. The Morgan fingerprint density at radius 2 is 2.26 bits per heavy atom. The van der Waals surface area contributed by atoms with E-state index < -0.39 is 5.60 Å². The van der Waals surface area contributed by atoms with Crippen LogP contribution >= 0.6 is 0 Å². The monoisotopic (exact) mass is 315 g/mol. The molecule has 0 aromatic carbocycles. The number of rotatable bonds is 5. The number of carbonyl (C=O) groups is 1. The molecule has 1 saturated heterocycles. The molecule has 2 aliphatic rings. The van der Waals surface area contributed by atoms with E-state index >= 15 is 0 Å². The Kier molecular flexibility index (Phi) is 6.07. The lowest BCUT2D eigenvalue weighted by atomic mass is 9.77. The third-order valence-corrected chi connectivity index (χ3v) is 5.05. The van der Waals surface area contributed by atoms with Crippen molar-refractivity contribution in [3.05, 3.63) is 23.8 Å². The molecular weight excluding hydrogens is 286 g/mol. The summed E-state index contributed by atoms with van der Waals surface area (Å²) in [6, 6.07) is 0.216. The fraction of sp³-hybridized carbons (Fsp3) is 0.650. The van der Waals surface area contributed by atoms with E-state index in [2.05, 4.69) is 44.2 Å². The van der Waals surface area contributed by atoms with Gasteiger partial charge in [0.25, 0.3) is 0 Å². The number of esters is 1. The lowest BCUT2D eigenvalue weighted by Crippen LogP contribution is -2.54. The largest absolute Gasteiger partial charge is 0.449 e. The van der Waals surface area contributed by atoms with Crippen molar-refractivity contribution in [1.82, 2.24) is 4.90 Å². The molecule has 0 aliphatic carbocycles. The molecular formula is C20H29NO2. The number of nitrogens with zero attached hydrogens (tertiary/aromatic N) is 1. The minimum absolute atomic E-state index is 0.216. The van der Waals surface area contributed by atoms with Crippen LogP contribution in [0, 0.1) is 11.8 Å². The van der Waals surface area contributed by atoms with Crippen LogP contribution in [0.2, 0.25) is 0 Å². The van der Waals surface area contributed by atoms with Crippen molar-refractivity contribution in [2.24, 2.45) is 0 Å². The Morgan fingerprint density at radius 1 is 1.48 bits per heavy atom. The zero-order valence-electron chi connectivity index (χ0n) is 14.8. The van der Waals surface area contributed by atoms with Crippen molar-refractivity contribution in [2.75, 3.05) is 13.6 Å². The number of cyclic esters (lactones) is 1. The fourth-order valence-corrected chi connectivity index (χ4v) is 3.76. The third-order valence-electron chi connectivity index (χ3n) is 5.05. The predicted molar refractivity (Wildman–Crippen MR) is 93.9 cm³/mol. The van der Waals surface area contributed by atoms with Gasteiger partial charge in [0.2, 0.25) is 0 Å². The zero-order valence-corrected chi connectivity index (χ0v) is 14.8. The molecule has 0 radical (unpaired) electrons. The van der Waals surface area contributed by atoms with Gasteiger partial charge in [-0.25, -0.2) is 4.79 Å². The summed E-state index contributed by atoms with van der Waals surface area (Å²) in [4.78, 5) is 14.4. The zero-order chi connectivity index (χ0) is 16.9. The number of carbonyl (C=O) groups excluding carboxylic acids is 1. The van der Waals surface area contributed by atoms with E-state index in [0.29, 0.717) is 0 Å². The Bertz CT molecular complexity index is 552. The van der Waals surface area contributed by atoms with E-state index in [0.717, 1.165) is 49.8 Å². The molecule has 2 heterocycles. The Morgan fingerprint density at radius 3 is 2.91 bits per heavy atom. The minimum Gasteiger partial charge on any atom is -0.449 e. The van der Waals surface area contributed by atoms with Crippen LogP contribution in [0.3, 0.4) is 0 Å². The fourth-order valence-electron chi connectivity index (χ4n) is 3.76. The summed E-state index contributed by atoms with van der Waals surface area (Å²) < 4.78 is 5.87. The summed E-state index contributed by atoms with van der Waals surface area (Å²) in [6.45, 7) is 9.43. The van der Waals surface area contributed by atoms with Gasteiger partial charge in [0.15, 0.2) is 5.60 Å². The average Bonchev–Trinajstić information content (AvgIpc) is 2.89. The smallest absolute Gasteiger partial charge is 0.332 e. The normalized spacial score (nSPS) is 27.9. The van der Waals surface area contributed by atoms with Crippen molar-refractivity contribution in [3.8, 4) is 11.8 Å². The first-order valence-electron chi connectivity index (χ1n) is 8.88. The van der Waals surface area contributed by atoms with Crippen molar-refractivity contribution in [3.63, 3.8) is 0 Å². The summed E-state index contributed by atoms with van der Waals surface area (Å²) in [5, 5.41) is 0. The number of ether oxygens (including phenoxy) is 1. The second-order valence-electron chi connectivity index (χ2n) is 6.60. The van der Waals surface area contributed by atoms with Crippen LogP contribution in [-0.2, 0) is 9.53 Å². The summed E-state index contributed by atoms with van der Waals surface area (Å²) in [6.07, 6.45) is 8.91. The maximum atomic E-state index is 12.1. The molecule has 0 saturated carbocycles. The number of likely N-dealkylation sites (N-methyl/N-ethyl adjacent to an activating group) is 1. The van der Waals surface area contributed by atoms with Gasteiger partial charge in [-0.15, -0.1) is 0 Å². The van der Waals surface area contributed by atoms with Crippen LogP contribution in [-0.4, -0.2) is 36.1 Å². The van der Waals surface area contributed by atoms with Gasteiger partial charge in [-0.1, -0.05) is 45.1 Å². The molecule has 23 heavy (non-hydrogen) atoms. The van der Waals surface area contributed by atoms with E-state index in [1.165, 1.54) is 12.8 Å². The molecule has 3 heteroatoms. The number of piperidine rings is 1. The highest BCUT2D eigenvalue weighted by Crippen LogP contribution is 2.42. The number of hydrogen-bond donors (Lipinski definition) is 0. The molecule has 2 aliphatic heterocycles. The quantitative estimate of drug-likeness (QED) is 0.438. The van der Waals surface area contributed by atoms with E-state index in [9.17, 15) is 4.79 Å². The molecule has 0 bridgehead atoms. The van der Waals surface area contributed by atoms with Gasteiger partial charge in [0.05, 0.1) is 6.04 Å². The topological polar surface area (TPSA) is 29.5 Å². The van der Waals surface area contributed by atoms with E-state index in [-0.39, 0.29) is 12.0 Å². The highest BCUT2D eigenvalue weighted by atomic mass is 16.6. The molecule has 2 unspecified atom stereocenters. The second-order valence-corrected chi connectivity index (χ2v) is 6.60. The van der Waals surface area contributed by atoms with Crippen molar-refractivity contribution >= 4 is 5.97 Å². The minimum atomic E-state index is -0.581. The highest BCUT2D eigenvalue weighted by molar-refractivity contribution is 5.89. The Balaban J connectivity index is 2.27. The highest BCUT2D eigenvalue weighted by Gasteiger charge is 2.50. The van der Waals surface area contributed by atoms with Crippen molar-refractivity contribution < 1.29 is 9.53 Å². The van der Waals surface area contributed by atoms with Gasteiger partial charge in [0.1, 0.15) is 0 Å². The maximum Gasteiger partial charge on any atom is 0.332 e. The lowest BCUT2D eigenvalue weighted by Gasteiger charge is -2.45. The molecule has 0 amide bonds. The Hall–Kier alpha value is -1.53. The molecule has 2 rings (SSSR count). The first kappa shape index (κ1) is 17.8. The van der Waals surface area contributed by atoms with E-state index in [1.54, 1.807) is 6.08 Å². The summed E-state index contributed by atoms with van der Waals surface area (Å²) in [5.41, 5.74) is 1.06. The number of hydrogen-bond acceptors (Lipinski definition) is 3. The van der Waals surface area contributed by atoms with Crippen molar-refractivity contribution in [1.29, 1.82) is 0 Å².